The lowest BCUT2D eigenvalue weighted by Crippen LogP contribution is -1.98. The van der Waals surface area contributed by atoms with Gasteiger partial charge in [0.2, 0.25) is 0 Å². The number of nitrogens with zero attached hydrogens (tertiary/aromatic N) is 2. The number of carbonyl (C=O) groups excluding carboxylic acids is 1. The average molecular weight is 230 g/mol. The highest BCUT2D eigenvalue weighted by molar-refractivity contribution is 5.85. The largest absolute Gasteiger partial charge is 0.492 e. The molecule has 17 heavy (non-hydrogen) atoms. The molecule has 1 aromatic carbocycles. The number of hydrogen-bond acceptors (Lipinski definition) is 3. The van der Waals surface area contributed by atoms with Crippen LogP contribution in [0.2, 0.25) is 0 Å². The van der Waals surface area contributed by atoms with Gasteiger partial charge in [0.1, 0.15) is 5.75 Å². The number of aldehydes is 1. The smallest absolute Gasteiger partial charge is 0.153 e. The third-order valence-electron chi connectivity index (χ3n) is 2.48. The molecule has 0 unspecified atom stereocenters. The lowest BCUT2D eigenvalue weighted by molar-refractivity contribution is 0.112. The van der Waals surface area contributed by atoms with Crippen molar-refractivity contribution in [2.24, 2.45) is 7.05 Å². The highest BCUT2D eigenvalue weighted by Gasteiger charge is 2.11. The molecule has 0 saturated heterocycles. The van der Waals surface area contributed by atoms with E-state index in [0.29, 0.717) is 17.9 Å². The van der Waals surface area contributed by atoms with Crippen molar-refractivity contribution in [3.05, 3.63) is 36.2 Å². The van der Waals surface area contributed by atoms with Gasteiger partial charge in [-0.25, -0.2) is 0 Å². The third kappa shape index (κ3) is 2.20. The average Bonchev–Trinajstić information content (AvgIpc) is 2.76. The van der Waals surface area contributed by atoms with Crippen molar-refractivity contribution < 1.29 is 9.53 Å². The lowest BCUT2D eigenvalue weighted by atomic mass is 10.0. The molecule has 0 aliphatic carbocycles. The van der Waals surface area contributed by atoms with E-state index in [-0.39, 0.29) is 0 Å². The summed E-state index contributed by atoms with van der Waals surface area (Å²) in [7, 11) is 1.85. The van der Waals surface area contributed by atoms with Crippen LogP contribution in [0, 0.1) is 0 Å². The van der Waals surface area contributed by atoms with Gasteiger partial charge in [0, 0.05) is 24.4 Å². The van der Waals surface area contributed by atoms with Gasteiger partial charge in [-0.3, -0.25) is 9.48 Å². The number of ether oxygens (including phenoxy) is 1. The number of benzene rings is 1. The number of para-hydroxylation sites is 1. The van der Waals surface area contributed by atoms with E-state index in [0.717, 1.165) is 17.4 Å². The summed E-state index contributed by atoms with van der Waals surface area (Å²) in [6.45, 7) is 2.42. The first-order valence-corrected chi connectivity index (χ1v) is 5.46. The Morgan fingerprint density at radius 3 is 2.88 bits per heavy atom. The molecule has 0 bridgehead atoms. The topological polar surface area (TPSA) is 44.1 Å². The summed E-state index contributed by atoms with van der Waals surface area (Å²) in [4.78, 5) is 11.0. The Hall–Kier alpha value is -2.10. The van der Waals surface area contributed by atoms with Crippen LogP contribution in [0.5, 0.6) is 5.75 Å². The minimum atomic E-state index is 0.526. The predicted octanol–water partition coefficient (Wildman–Crippen LogP) is 2.30. The molecule has 0 fully saturated rings. The molecular formula is C13H14N2O2. The van der Waals surface area contributed by atoms with Crippen molar-refractivity contribution in [1.82, 2.24) is 9.78 Å². The molecule has 1 heterocycles. The predicted molar refractivity (Wildman–Crippen MR) is 65.2 cm³/mol. The summed E-state index contributed by atoms with van der Waals surface area (Å²) in [6, 6.07) is 5.52. The van der Waals surface area contributed by atoms with E-state index in [9.17, 15) is 4.79 Å². The van der Waals surface area contributed by atoms with Gasteiger partial charge in [-0.2, -0.15) is 5.10 Å². The Morgan fingerprint density at radius 2 is 2.29 bits per heavy atom. The zero-order valence-corrected chi connectivity index (χ0v) is 9.88. The van der Waals surface area contributed by atoms with Crippen molar-refractivity contribution in [3.8, 4) is 16.9 Å². The Morgan fingerprint density at radius 1 is 1.47 bits per heavy atom. The molecule has 4 heteroatoms. The SMILES string of the molecule is CCOc1c(C=O)cccc1-c1cnn(C)c1. The van der Waals surface area contributed by atoms with Gasteiger partial charge in [0.25, 0.3) is 0 Å². The van der Waals surface area contributed by atoms with E-state index in [1.165, 1.54) is 0 Å². The Labute approximate surface area is 99.8 Å². The Balaban J connectivity index is 2.56. The molecule has 0 saturated carbocycles. The fraction of sp³-hybridized carbons (Fsp3) is 0.231. The van der Waals surface area contributed by atoms with Gasteiger partial charge in [0.05, 0.1) is 18.4 Å². The molecule has 0 amide bonds. The van der Waals surface area contributed by atoms with Crippen LogP contribution in [0.4, 0.5) is 0 Å². The second kappa shape index (κ2) is 4.82. The normalized spacial score (nSPS) is 10.2. The molecule has 0 spiro atoms. The molecule has 0 atom stereocenters. The molecule has 2 rings (SSSR count). The molecular weight excluding hydrogens is 216 g/mol. The summed E-state index contributed by atoms with van der Waals surface area (Å²) in [5.41, 5.74) is 2.40. The first-order chi connectivity index (χ1) is 8.26. The summed E-state index contributed by atoms with van der Waals surface area (Å²) < 4.78 is 7.28. The van der Waals surface area contributed by atoms with Crippen LogP contribution in [-0.2, 0) is 7.05 Å². The van der Waals surface area contributed by atoms with Crippen molar-refractivity contribution in [3.63, 3.8) is 0 Å². The standard InChI is InChI=1S/C13H14N2O2/c1-3-17-13-10(9-16)5-4-6-12(13)11-7-14-15(2)8-11/h4-9H,3H2,1-2H3. The minimum absolute atomic E-state index is 0.526. The number of aromatic nitrogens is 2. The second-order valence-corrected chi connectivity index (χ2v) is 3.68. The molecule has 88 valence electrons. The molecule has 0 radical (unpaired) electrons. The maximum Gasteiger partial charge on any atom is 0.153 e. The van der Waals surface area contributed by atoms with E-state index < -0.39 is 0 Å². The Bertz CT molecular complexity index is 532. The molecule has 0 N–H and O–H groups in total. The quantitative estimate of drug-likeness (QED) is 0.757. The molecule has 1 aromatic heterocycles. The summed E-state index contributed by atoms with van der Waals surface area (Å²) in [6.07, 6.45) is 4.46. The van der Waals surface area contributed by atoms with Gasteiger partial charge < -0.3 is 4.74 Å². The van der Waals surface area contributed by atoms with Crippen LogP contribution in [0.15, 0.2) is 30.6 Å². The number of aryl methyl sites for hydroxylation is 1. The number of carbonyl (C=O) groups is 1. The van der Waals surface area contributed by atoms with E-state index in [1.807, 2.05) is 32.3 Å². The van der Waals surface area contributed by atoms with Crippen LogP contribution in [0.1, 0.15) is 17.3 Å². The number of rotatable bonds is 4. The van der Waals surface area contributed by atoms with Gasteiger partial charge in [-0.15, -0.1) is 0 Å². The highest BCUT2D eigenvalue weighted by atomic mass is 16.5. The van der Waals surface area contributed by atoms with Gasteiger partial charge >= 0.3 is 0 Å². The van der Waals surface area contributed by atoms with Gasteiger partial charge in [-0.05, 0) is 13.0 Å². The van der Waals surface area contributed by atoms with Crippen molar-refractivity contribution in [1.29, 1.82) is 0 Å². The van der Waals surface area contributed by atoms with E-state index >= 15 is 0 Å². The van der Waals surface area contributed by atoms with Crippen LogP contribution in [-0.4, -0.2) is 22.7 Å². The highest BCUT2D eigenvalue weighted by Crippen LogP contribution is 2.32. The van der Waals surface area contributed by atoms with Crippen LogP contribution in [0.3, 0.4) is 0 Å². The number of hydrogen-bond donors (Lipinski definition) is 0. The fourth-order valence-electron chi connectivity index (χ4n) is 1.74. The molecule has 4 nitrogen and oxygen atoms in total. The van der Waals surface area contributed by atoms with E-state index in [2.05, 4.69) is 5.10 Å². The zero-order chi connectivity index (χ0) is 12.3. The summed E-state index contributed by atoms with van der Waals surface area (Å²) in [5, 5.41) is 4.12. The van der Waals surface area contributed by atoms with Crippen molar-refractivity contribution in [2.45, 2.75) is 6.92 Å². The van der Waals surface area contributed by atoms with Crippen LogP contribution < -0.4 is 4.74 Å². The molecule has 2 aromatic rings. The Kier molecular flexibility index (Phi) is 3.23. The van der Waals surface area contributed by atoms with Gasteiger partial charge in [-0.1, -0.05) is 12.1 Å². The first kappa shape index (κ1) is 11.4. The molecule has 0 aliphatic rings. The van der Waals surface area contributed by atoms with Gasteiger partial charge in [0.15, 0.2) is 6.29 Å². The van der Waals surface area contributed by atoms with Crippen LogP contribution in [0.25, 0.3) is 11.1 Å². The van der Waals surface area contributed by atoms with E-state index in [4.69, 9.17) is 4.74 Å². The minimum Gasteiger partial charge on any atom is -0.492 e. The summed E-state index contributed by atoms with van der Waals surface area (Å²) in [5.74, 6) is 0.623. The molecule has 0 aliphatic heterocycles. The zero-order valence-electron chi connectivity index (χ0n) is 9.88. The summed E-state index contributed by atoms with van der Waals surface area (Å²) >= 11 is 0. The van der Waals surface area contributed by atoms with Crippen LogP contribution >= 0.6 is 0 Å². The monoisotopic (exact) mass is 230 g/mol. The van der Waals surface area contributed by atoms with Crippen molar-refractivity contribution in [2.75, 3.05) is 6.61 Å². The second-order valence-electron chi connectivity index (χ2n) is 3.68. The fourth-order valence-corrected chi connectivity index (χ4v) is 1.74. The lowest BCUT2D eigenvalue weighted by Gasteiger charge is -2.10. The first-order valence-electron chi connectivity index (χ1n) is 5.46. The van der Waals surface area contributed by atoms with E-state index in [1.54, 1.807) is 16.9 Å². The third-order valence-corrected chi connectivity index (χ3v) is 2.48. The maximum atomic E-state index is 11.0. The maximum absolute atomic E-state index is 11.0. The van der Waals surface area contributed by atoms with Crippen molar-refractivity contribution >= 4 is 6.29 Å².